The van der Waals surface area contributed by atoms with Gasteiger partial charge in [-0.25, -0.2) is 13.6 Å². The Morgan fingerprint density at radius 3 is 2.17 bits per heavy atom. The molecule has 0 radical (unpaired) electrons. The van der Waals surface area contributed by atoms with Crippen molar-refractivity contribution in [3.63, 3.8) is 0 Å². The van der Waals surface area contributed by atoms with Gasteiger partial charge in [0.2, 0.25) is 0 Å². The number of alkyl halides is 2. The normalized spacial score (nSPS) is 19.8. The molecule has 1 saturated heterocycles. The lowest BCUT2D eigenvalue weighted by Crippen LogP contribution is -2.41. The van der Waals surface area contributed by atoms with E-state index in [0.717, 1.165) is 6.20 Å². The van der Waals surface area contributed by atoms with Gasteiger partial charge in [0.15, 0.2) is 0 Å². The van der Waals surface area contributed by atoms with Crippen LogP contribution in [0, 0.1) is 0 Å². The molecule has 0 aliphatic carbocycles. The van der Waals surface area contributed by atoms with Crippen molar-refractivity contribution in [3.8, 4) is 0 Å². The zero-order valence-corrected chi connectivity index (χ0v) is 15.0. The number of rotatable bonds is 2. The predicted molar refractivity (Wildman–Crippen MR) is 84.5 cm³/mol. The van der Waals surface area contributed by atoms with Crippen LogP contribution in [0.5, 0.6) is 0 Å². The van der Waals surface area contributed by atoms with E-state index >= 15 is 0 Å². The van der Waals surface area contributed by atoms with E-state index in [-0.39, 0.29) is 5.46 Å². The molecule has 6 nitrogen and oxygen atoms in total. The maximum Gasteiger partial charge on any atom is 0.498 e. The lowest BCUT2D eigenvalue weighted by Gasteiger charge is -2.32. The Hall–Kier alpha value is -1.48. The molecule has 1 aromatic rings. The Kier molecular flexibility index (Phi) is 4.56. The van der Waals surface area contributed by atoms with Gasteiger partial charge in [-0.3, -0.25) is 0 Å². The second-order valence-electron chi connectivity index (χ2n) is 7.77. The number of ether oxygens (including phenoxy) is 1. The summed E-state index contributed by atoms with van der Waals surface area (Å²) in [6.45, 7) is 12.2. The van der Waals surface area contributed by atoms with E-state index in [2.05, 4.69) is 5.10 Å². The molecule has 1 aromatic heterocycles. The molecule has 9 heteroatoms. The highest BCUT2D eigenvalue weighted by Gasteiger charge is 2.53. The summed E-state index contributed by atoms with van der Waals surface area (Å²) in [5.74, 6) is 0. The Balaban J connectivity index is 2.39. The maximum absolute atomic E-state index is 13.6. The quantitative estimate of drug-likeness (QED) is 0.772. The Bertz CT molecular complexity index is 622. The highest BCUT2D eigenvalue weighted by Crippen LogP contribution is 2.37. The van der Waals surface area contributed by atoms with Gasteiger partial charge in [-0.15, -0.1) is 0 Å². The van der Waals surface area contributed by atoms with Crippen molar-refractivity contribution >= 4 is 18.7 Å². The molecule has 0 atom stereocenters. The van der Waals surface area contributed by atoms with Crippen LogP contribution >= 0.6 is 0 Å². The first-order valence-corrected chi connectivity index (χ1v) is 7.70. The van der Waals surface area contributed by atoms with Crippen molar-refractivity contribution in [3.05, 3.63) is 11.9 Å². The molecular formula is C15H23BF2N2O4. The first kappa shape index (κ1) is 18.9. The summed E-state index contributed by atoms with van der Waals surface area (Å²) < 4.78 is 44.4. The van der Waals surface area contributed by atoms with Gasteiger partial charge in [0.25, 0.3) is 6.43 Å². The zero-order chi connectivity index (χ0) is 18.5. The molecular weight excluding hydrogens is 321 g/mol. The topological polar surface area (TPSA) is 62.6 Å². The summed E-state index contributed by atoms with van der Waals surface area (Å²) in [4.78, 5) is 12.1. The zero-order valence-electron chi connectivity index (χ0n) is 15.0. The molecule has 0 unspecified atom stereocenters. The molecule has 1 aliphatic rings. The first-order valence-electron chi connectivity index (χ1n) is 7.70. The van der Waals surface area contributed by atoms with E-state index in [1.165, 1.54) is 0 Å². The fourth-order valence-corrected chi connectivity index (χ4v) is 2.19. The number of hydrogen-bond donors (Lipinski definition) is 0. The fraction of sp³-hybridized carbons (Fsp3) is 0.733. The molecule has 0 spiro atoms. The van der Waals surface area contributed by atoms with E-state index in [1.54, 1.807) is 20.8 Å². The van der Waals surface area contributed by atoms with Crippen LogP contribution in [0.4, 0.5) is 13.6 Å². The van der Waals surface area contributed by atoms with Gasteiger partial charge in [0, 0.05) is 11.7 Å². The lowest BCUT2D eigenvalue weighted by atomic mass is 9.79. The average molecular weight is 344 g/mol. The number of halogens is 2. The average Bonchev–Trinajstić information content (AvgIpc) is 2.87. The molecule has 2 heterocycles. The molecule has 0 N–H and O–H groups in total. The van der Waals surface area contributed by atoms with E-state index in [4.69, 9.17) is 14.0 Å². The number of nitrogens with zero attached hydrogens (tertiary/aromatic N) is 2. The van der Waals surface area contributed by atoms with Gasteiger partial charge in [-0.2, -0.15) is 9.78 Å². The Labute approximate surface area is 140 Å². The molecule has 24 heavy (non-hydrogen) atoms. The van der Waals surface area contributed by atoms with Crippen LogP contribution in [-0.4, -0.2) is 39.8 Å². The van der Waals surface area contributed by atoms with Gasteiger partial charge < -0.3 is 14.0 Å². The third-order valence-corrected chi connectivity index (χ3v) is 4.12. The predicted octanol–water partition coefficient (Wildman–Crippen LogP) is 2.90. The van der Waals surface area contributed by atoms with Gasteiger partial charge >= 0.3 is 13.2 Å². The van der Waals surface area contributed by atoms with Crippen molar-refractivity contribution in [2.75, 3.05) is 0 Å². The smallest absolute Gasteiger partial charge is 0.442 e. The molecule has 1 aliphatic heterocycles. The fourth-order valence-electron chi connectivity index (χ4n) is 2.19. The third kappa shape index (κ3) is 3.46. The van der Waals surface area contributed by atoms with Crippen molar-refractivity contribution in [2.24, 2.45) is 0 Å². The summed E-state index contributed by atoms with van der Waals surface area (Å²) in [6.07, 6.45) is -2.75. The molecule has 134 valence electrons. The standard InChI is InChI=1S/C15H23BF2N2O4/c1-13(2,3)22-12(21)20-10(11(17)18)9(8-19-20)16-23-14(4,5)15(6,7)24-16/h8,11H,1-7H3. The summed E-state index contributed by atoms with van der Waals surface area (Å²) in [5.41, 5.74) is -2.76. The molecule has 0 amide bonds. The van der Waals surface area contributed by atoms with Crippen molar-refractivity contribution in [2.45, 2.75) is 71.7 Å². The first-order chi connectivity index (χ1) is 10.8. The summed E-state index contributed by atoms with van der Waals surface area (Å²) in [5, 5.41) is 3.76. The van der Waals surface area contributed by atoms with Crippen molar-refractivity contribution < 1.29 is 27.6 Å². The van der Waals surface area contributed by atoms with Gasteiger partial charge in [0.1, 0.15) is 11.3 Å². The largest absolute Gasteiger partial charge is 0.498 e. The summed E-state index contributed by atoms with van der Waals surface area (Å²) >= 11 is 0. The highest BCUT2D eigenvalue weighted by atomic mass is 19.3. The van der Waals surface area contributed by atoms with Crippen molar-refractivity contribution in [1.82, 2.24) is 9.78 Å². The molecule has 0 bridgehead atoms. The number of hydrogen-bond acceptors (Lipinski definition) is 5. The molecule has 1 fully saturated rings. The maximum atomic E-state index is 13.6. The summed E-state index contributed by atoms with van der Waals surface area (Å²) in [7, 11) is -1.03. The third-order valence-electron chi connectivity index (χ3n) is 4.12. The van der Waals surface area contributed by atoms with Crippen LogP contribution in [0.25, 0.3) is 0 Å². The van der Waals surface area contributed by atoms with Gasteiger partial charge in [-0.1, -0.05) is 0 Å². The Morgan fingerprint density at radius 2 is 1.75 bits per heavy atom. The summed E-state index contributed by atoms with van der Waals surface area (Å²) in [6, 6.07) is 0. The van der Waals surface area contributed by atoms with E-state index < -0.39 is 42.1 Å². The monoisotopic (exact) mass is 344 g/mol. The minimum atomic E-state index is -2.94. The number of aromatic nitrogens is 2. The van der Waals surface area contributed by atoms with Crippen LogP contribution in [0.3, 0.4) is 0 Å². The Morgan fingerprint density at radius 1 is 1.25 bits per heavy atom. The second kappa shape index (κ2) is 5.80. The molecule has 2 rings (SSSR count). The molecule has 0 saturated carbocycles. The minimum Gasteiger partial charge on any atom is -0.442 e. The van der Waals surface area contributed by atoms with Crippen LogP contribution in [0.2, 0.25) is 0 Å². The van der Waals surface area contributed by atoms with E-state index in [1.807, 2.05) is 27.7 Å². The van der Waals surface area contributed by atoms with Gasteiger partial charge in [-0.05, 0) is 48.5 Å². The number of carbonyl (C=O) groups is 1. The highest BCUT2D eigenvalue weighted by molar-refractivity contribution is 6.62. The van der Waals surface area contributed by atoms with Crippen LogP contribution < -0.4 is 5.46 Å². The van der Waals surface area contributed by atoms with Crippen LogP contribution in [-0.2, 0) is 14.0 Å². The minimum absolute atomic E-state index is 0.0227. The van der Waals surface area contributed by atoms with Crippen LogP contribution in [0.15, 0.2) is 6.20 Å². The van der Waals surface area contributed by atoms with Crippen LogP contribution in [0.1, 0.15) is 60.6 Å². The molecule has 0 aromatic carbocycles. The lowest BCUT2D eigenvalue weighted by molar-refractivity contribution is 0.00578. The SMILES string of the molecule is CC(C)(C)OC(=O)n1ncc(B2OC(C)(C)C(C)(C)O2)c1C(F)F. The van der Waals surface area contributed by atoms with Gasteiger partial charge in [0.05, 0.1) is 11.2 Å². The van der Waals surface area contributed by atoms with Crippen molar-refractivity contribution in [1.29, 1.82) is 0 Å². The van der Waals surface area contributed by atoms with E-state index in [9.17, 15) is 13.6 Å². The second-order valence-corrected chi connectivity index (χ2v) is 7.77. The number of carbonyl (C=O) groups excluding carboxylic acids is 1. The van der Waals surface area contributed by atoms with E-state index in [0.29, 0.717) is 4.68 Å².